The van der Waals surface area contributed by atoms with Gasteiger partial charge in [-0.1, -0.05) is 46.3 Å². The highest BCUT2D eigenvalue weighted by Gasteiger charge is 2.18. The predicted octanol–water partition coefficient (Wildman–Crippen LogP) is 5.23. The van der Waals surface area contributed by atoms with E-state index in [1.807, 2.05) is 42.5 Å². The molecule has 1 aromatic heterocycles. The second kappa shape index (κ2) is 9.52. The summed E-state index contributed by atoms with van der Waals surface area (Å²) in [4.78, 5) is 30.1. The van der Waals surface area contributed by atoms with Gasteiger partial charge in [0.05, 0.1) is 16.8 Å². The molecule has 0 bridgehead atoms. The number of hydrogen-bond acceptors (Lipinski definition) is 6. The molecule has 7 nitrogen and oxygen atoms in total. The highest BCUT2D eigenvalue weighted by atomic mass is 79.9. The zero-order chi connectivity index (χ0) is 23.5. The van der Waals surface area contributed by atoms with Gasteiger partial charge < -0.3 is 19.5 Å². The van der Waals surface area contributed by atoms with Gasteiger partial charge in [0.1, 0.15) is 13.2 Å². The fraction of sp³-hybridized carbons (Fsp3) is 0.115. The summed E-state index contributed by atoms with van der Waals surface area (Å²) in [5.41, 5.74) is 3.01. The molecule has 34 heavy (non-hydrogen) atoms. The number of carbonyl (C=O) groups is 2. The zero-order valence-electron chi connectivity index (χ0n) is 17.9. The van der Waals surface area contributed by atoms with Crippen molar-refractivity contribution in [1.82, 2.24) is 4.98 Å². The number of pyridine rings is 1. The Balaban J connectivity index is 1.33. The van der Waals surface area contributed by atoms with Crippen LogP contribution in [0.3, 0.4) is 0 Å². The quantitative estimate of drug-likeness (QED) is 0.364. The summed E-state index contributed by atoms with van der Waals surface area (Å²) in [5.74, 6) is 0.119. The molecule has 0 saturated carbocycles. The number of nitrogens with zero attached hydrogens (tertiary/aromatic N) is 1. The van der Waals surface area contributed by atoms with Crippen LogP contribution in [0.1, 0.15) is 10.4 Å². The molecular formula is C26H19BrN2O5. The van der Waals surface area contributed by atoms with E-state index in [1.165, 1.54) is 0 Å². The predicted molar refractivity (Wildman–Crippen MR) is 131 cm³/mol. The van der Waals surface area contributed by atoms with Crippen LogP contribution in [0.5, 0.6) is 11.5 Å². The first-order valence-corrected chi connectivity index (χ1v) is 11.4. The molecule has 3 aromatic carbocycles. The van der Waals surface area contributed by atoms with Crippen molar-refractivity contribution in [2.24, 2.45) is 0 Å². The number of anilines is 1. The Morgan fingerprint density at radius 3 is 2.62 bits per heavy atom. The molecule has 5 rings (SSSR count). The van der Waals surface area contributed by atoms with E-state index in [2.05, 4.69) is 26.2 Å². The number of nitrogens with one attached hydrogen (secondary N) is 1. The normalized spacial score (nSPS) is 12.3. The number of esters is 1. The van der Waals surface area contributed by atoms with Gasteiger partial charge >= 0.3 is 5.97 Å². The third-order valence-corrected chi connectivity index (χ3v) is 5.71. The van der Waals surface area contributed by atoms with Gasteiger partial charge in [0.25, 0.3) is 5.91 Å². The fourth-order valence-electron chi connectivity index (χ4n) is 3.67. The summed E-state index contributed by atoms with van der Waals surface area (Å²) in [6, 6.07) is 21.8. The highest BCUT2D eigenvalue weighted by Crippen LogP contribution is 2.32. The monoisotopic (exact) mass is 518 g/mol. The smallest absolute Gasteiger partial charge is 0.339 e. The van der Waals surface area contributed by atoms with Gasteiger partial charge in [-0.3, -0.25) is 4.79 Å². The average Bonchev–Trinajstić information content (AvgIpc) is 2.86. The number of hydrogen-bond donors (Lipinski definition) is 1. The molecule has 4 aromatic rings. The molecule has 0 saturated heterocycles. The first-order valence-electron chi connectivity index (χ1n) is 10.6. The minimum absolute atomic E-state index is 0.340. The lowest BCUT2D eigenvalue weighted by Crippen LogP contribution is -2.21. The topological polar surface area (TPSA) is 86.8 Å². The Bertz CT molecular complexity index is 1410. The van der Waals surface area contributed by atoms with Gasteiger partial charge in [0.15, 0.2) is 18.1 Å². The van der Waals surface area contributed by atoms with Crippen molar-refractivity contribution in [3.05, 3.63) is 82.8 Å². The van der Waals surface area contributed by atoms with Crippen molar-refractivity contribution in [2.75, 3.05) is 25.1 Å². The van der Waals surface area contributed by atoms with Crippen LogP contribution in [-0.4, -0.2) is 36.7 Å². The number of para-hydroxylation sites is 1. The van der Waals surface area contributed by atoms with Gasteiger partial charge in [-0.2, -0.15) is 0 Å². The maximum atomic E-state index is 13.0. The Labute approximate surface area is 203 Å². The number of ether oxygens (including phenoxy) is 3. The van der Waals surface area contributed by atoms with Crippen molar-refractivity contribution in [1.29, 1.82) is 0 Å². The summed E-state index contributed by atoms with van der Waals surface area (Å²) in [6.07, 6.45) is 0. The van der Waals surface area contributed by atoms with Gasteiger partial charge in [0, 0.05) is 27.2 Å². The Kier molecular flexibility index (Phi) is 6.14. The molecule has 0 fully saturated rings. The van der Waals surface area contributed by atoms with Crippen LogP contribution >= 0.6 is 15.9 Å². The number of aromatic nitrogens is 1. The number of benzene rings is 3. The van der Waals surface area contributed by atoms with Gasteiger partial charge in [-0.25, -0.2) is 9.78 Å². The number of fused-ring (bicyclic) bond motifs is 2. The van der Waals surface area contributed by atoms with Crippen molar-refractivity contribution in [3.8, 4) is 22.8 Å². The summed E-state index contributed by atoms with van der Waals surface area (Å²) < 4.78 is 17.3. The fourth-order valence-corrected chi connectivity index (χ4v) is 4.07. The van der Waals surface area contributed by atoms with E-state index in [4.69, 9.17) is 14.2 Å². The summed E-state index contributed by atoms with van der Waals surface area (Å²) in [7, 11) is 0. The van der Waals surface area contributed by atoms with Crippen molar-refractivity contribution in [3.63, 3.8) is 0 Å². The molecule has 1 amide bonds. The van der Waals surface area contributed by atoms with E-state index < -0.39 is 18.5 Å². The third kappa shape index (κ3) is 4.72. The highest BCUT2D eigenvalue weighted by molar-refractivity contribution is 9.10. The van der Waals surface area contributed by atoms with E-state index >= 15 is 0 Å². The van der Waals surface area contributed by atoms with Gasteiger partial charge in [-0.05, 0) is 36.4 Å². The van der Waals surface area contributed by atoms with E-state index in [0.29, 0.717) is 52.6 Å². The minimum atomic E-state index is -0.604. The van der Waals surface area contributed by atoms with Gasteiger partial charge in [0.2, 0.25) is 0 Å². The lowest BCUT2D eigenvalue weighted by molar-refractivity contribution is -0.119. The summed E-state index contributed by atoms with van der Waals surface area (Å²) in [5, 5.41) is 3.36. The molecular weight excluding hydrogens is 500 g/mol. The number of halogens is 1. The van der Waals surface area contributed by atoms with Crippen LogP contribution in [0.4, 0.5) is 5.69 Å². The molecule has 0 spiro atoms. The van der Waals surface area contributed by atoms with Crippen LogP contribution in [-0.2, 0) is 9.53 Å². The van der Waals surface area contributed by atoms with Crippen LogP contribution in [0.2, 0.25) is 0 Å². The molecule has 0 unspecified atom stereocenters. The zero-order valence-corrected chi connectivity index (χ0v) is 19.5. The molecule has 1 N–H and O–H groups in total. The molecule has 8 heteroatoms. The summed E-state index contributed by atoms with van der Waals surface area (Å²) in [6.45, 7) is 0.502. The van der Waals surface area contributed by atoms with Crippen LogP contribution in [0, 0.1) is 0 Å². The molecule has 2 heterocycles. The Morgan fingerprint density at radius 1 is 0.941 bits per heavy atom. The van der Waals surface area contributed by atoms with Crippen LogP contribution < -0.4 is 14.8 Å². The number of rotatable bonds is 5. The molecule has 0 radical (unpaired) electrons. The summed E-state index contributed by atoms with van der Waals surface area (Å²) >= 11 is 3.47. The molecule has 1 aliphatic heterocycles. The lowest BCUT2D eigenvalue weighted by atomic mass is 10.0. The Hall–Kier alpha value is -3.91. The lowest BCUT2D eigenvalue weighted by Gasteiger charge is -2.19. The second-order valence-electron chi connectivity index (χ2n) is 7.57. The maximum absolute atomic E-state index is 13.0. The number of carbonyl (C=O) groups excluding carboxylic acids is 2. The second-order valence-corrected chi connectivity index (χ2v) is 8.48. The molecule has 0 atom stereocenters. The SMILES string of the molecule is O=C(COC(=O)c1cc(-c2cccc(Br)c2)nc2ccccc12)Nc1ccc2c(c1)OCCO2. The van der Waals surface area contributed by atoms with Crippen molar-refractivity contribution in [2.45, 2.75) is 0 Å². The van der Waals surface area contributed by atoms with Crippen molar-refractivity contribution < 1.29 is 23.8 Å². The van der Waals surface area contributed by atoms with Crippen LogP contribution in [0.15, 0.2) is 77.3 Å². The van der Waals surface area contributed by atoms with E-state index in [0.717, 1.165) is 10.0 Å². The molecule has 0 aliphatic carbocycles. The Morgan fingerprint density at radius 2 is 1.76 bits per heavy atom. The minimum Gasteiger partial charge on any atom is -0.486 e. The van der Waals surface area contributed by atoms with E-state index in [9.17, 15) is 9.59 Å². The van der Waals surface area contributed by atoms with Crippen molar-refractivity contribution >= 4 is 44.4 Å². The number of amides is 1. The maximum Gasteiger partial charge on any atom is 0.339 e. The third-order valence-electron chi connectivity index (χ3n) is 5.22. The first-order chi connectivity index (χ1) is 16.6. The van der Waals surface area contributed by atoms with E-state index in [-0.39, 0.29) is 0 Å². The molecule has 1 aliphatic rings. The van der Waals surface area contributed by atoms with Gasteiger partial charge in [-0.15, -0.1) is 0 Å². The first kappa shape index (κ1) is 21.9. The van der Waals surface area contributed by atoms with Crippen LogP contribution in [0.25, 0.3) is 22.2 Å². The van der Waals surface area contributed by atoms with E-state index in [1.54, 1.807) is 30.3 Å². The average molecular weight is 519 g/mol. The largest absolute Gasteiger partial charge is 0.486 e. The standard InChI is InChI=1S/C26H19BrN2O5/c27-17-5-3-4-16(12-17)22-14-20(19-6-1-2-7-21(19)29-22)26(31)34-15-25(30)28-18-8-9-23-24(13-18)33-11-10-32-23/h1-9,12-14H,10-11,15H2,(H,28,30). The molecule has 170 valence electrons.